The quantitative estimate of drug-likeness (QED) is 0.812. The van der Waals surface area contributed by atoms with Gasteiger partial charge in [-0.1, -0.05) is 6.42 Å². The molecule has 0 aromatic heterocycles. The van der Waals surface area contributed by atoms with Gasteiger partial charge in [0.25, 0.3) is 0 Å². The van der Waals surface area contributed by atoms with E-state index in [-0.39, 0.29) is 6.10 Å². The number of fused-ring (bicyclic) bond motifs is 2. The smallest absolute Gasteiger partial charge is 0.309 e. The standard InChI is InChI=1S/C15H24O3/c16-13-3-5-15(6-4-13,14(17)18)9-12-8-10-1-2-11(12)7-10/h10-13,16H,1-9H2,(H,17,18). The lowest BCUT2D eigenvalue weighted by atomic mass is 9.66. The van der Waals surface area contributed by atoms with E-state index < -0.39 is 11.4 Å². The molecule has 3 nitrogen and oxygen atoms in total. The second-order valence-corrected chi connectivity index (χ2v) is 6.96. The second-order valence-electron chi connectivity index (χ2n) is 6.96. The van der Waals surface area contributed by atoms with Gasteiger partial charge in [-0.2, -0.15) is 0 Å². The lowest BCUT2D eigenvalue weighted by Crippen LogP contribution is -2.39. The van der Waals surface area contributed by atoms with Crippen molar-refractivity contribution in [3.05, 3.63) is 0 Å². The molecule has 3 rings (SSSR count). The van der Waals surface area contributed by atoms with E-state index in [9.17, 15) is 15.0 Å². The summed E-state index contributed by atoms with van der Waals surface area (Å²) < 4.78 is 0. The molecule has 18 heavy (non-hydrogen) atoms. The Morgan fingerprint density at radius 2 is 1.83 bits per heavy atom. The highest BCUT2D eigenvalue weighted by Crippen LogP contribution is 2.54. The molecule has 0 saturated heterocycles. The highest BCUT2D eigenvalue weighted by atomic mass is 16.4. The molecule has 0 aromatic carbocycles. The Balaban J connectivity index is 1.69. The van der Waals surface area contributed by atoms with Crippen molar-refractivity contribution < 1.29 is 15.0 Å². The van der Waals surface area contributed by atoms with Crippen LogP contribution in [0, 0.1) is 23.2 Å². The first kappa shape index (κ1) is 12.5. The number of aliphatic hydroxyl groups excluding tert-OH is 1. The van der Waals surface area contributed by atoms with Crippen molar-refractivity contribution in [3.63, 3.8) is 0 Å². The Morgan fingerprint density at radius 3 is 2.33 bits per heavy atom. The van der Waals surface area contributed by atoms with E-state index in [4.69, 9.17) is 0 Å². The van der Waals surface area contributed by atoms with Crippen LogP contribution in [0.4, 0.5) is 0 Å². The number of hydrogen-bond donors (Lipinski definition) is 2. The van der Waals surface area contributed by atoms with Gasteiger partial charge in [0.15, 0.2) is 0 Å². The molecular weight excluding hydrogens is 228 g/mol. The number of aliphatic carboxylic acids is 1. The summed E-state index contributed by atoms with van der Waals surface area (Å²) in [6.45, 7) is 0. The second kappa shape index (κ2) is 4.52. The predicted molar refractivity (Wildman–Crippen MR) is 68.1 cm³/mol. The summed E-state index contributed by atoms with van der Waals surface area (Å²) in [5.74, 6) is 1.73. The third-order valence-corrected chi connectivity index (χ3v) is 5.90. The zero-order valence-electron chi connectivity index (χ0n) is 11.0. The van der Waals surface area contributed by atoms with Crippen LogP contribution in [-0.4, -0.2) is 22.3 Å². The molecular formula is C15H24O3. The van der Waals surface area contributed by atoms with Crippen molar-refractivity contribution >= 4 is 5.97 Å². The fraction of sp³-hybridized carbons (Fsp3) is 0.933. The molecule has 0 aromatic rings. The minimum atomic E-state index is -0.614. The molecule has 2 N–H and O–H groups in total. The van der Waals surface area contributed by atoms with Gasteiger partial charge in [0.05, 0.1) is 11.5 Å². The van der Waals surface area contributed by atoms with Gasteiger partial charge in [0.2, 0.25) is 0 Å². The van der Waals surface area contributed by atoms with Crippen LogP contribution in [0.3, 0.4) is 0 Å². The van der Waals surface area contributed by atoms with Gasteiger partial charge in [-0.15, -0.1) is 0 Å². The van der Waals surface area contributed by atoms with Crippen molar-refractivity contribution in [3.8, 4) is 0 Å². The Hall–Kier alpha value is -0.570. The summed E-state index contributed by atoms with van der Waals surface area (Å²) in [7, 11) is 0. The topological polar surface area (TPSA) is 57.5 Å². The van der Waals surface area contributed by atoms with Gasteiger partial charge in [-0.3, -0.25) is 4.79 Å². The maximum atomic E-state index is 11.7. The van der Waals surface area contributed by atoms with E-state index in [1.807, 2.05) is 0 Å². The minimum Gasteiger partial charge on any atom is -0.481 e. The Labute approximate surface area is 109 Å². The van der Waals surface area contributed by atoms with Gasteiger partial charge in [-0.05, 0) is 69.1 Å². The van der Waals surface area contributed by atoms with Gasteiger partial charge >= 0.3 is 5.97 Å². The summed E-state index contributed by atoms with van der Waals surface area (Å²) in [5.41, 5.74) is -0.519. The van der Waals surface area contributed by atoms with Gasteiger partial charge in [-0.25, -0.2) is 0 Å². The summed E-state index contributed by atoms with van der Waals surface area (Å²) in [5, 5.41) is 19.2. The van der Waals surface area contributed by atoms with Crippen LogP contribution in [-0.2, 0) is 4.79 Å². The Bertz CT molecular complexity index is 331. The fourth-order valence-electron chi connectivity index (χ4n) is 4.79. The van der Waals surface area contributed by atoms with Crippen molar-refractivity contribution in [2.24, 2.45) is 23.2 Å². The summed E-state index contributed by atoms with van der Waals surface area (Å²) in [6, 6.07) is 0. The highest BCUT2D eigenvalue weighted by Gasteiger charge is 2.48. The summed E-state index contributed by atoms with van der Waals surface area (Å²) in [4.78, 5) is 11.7. The highest BCUT2D eigenvalue weighted by molar-refractivity contribution is 5.74. The first-order valence-corrected chi connectivity index (χ1v) is 7.50. The van der Waals surface area contributed by atoms with Gasteiger partial charge in [0, 0.05) is 0 Å². The zero-order valence-corrected chi connectivity index (χ0v) is 11.0. The zero-order chi connectivity index (χ0) is 12.8. The van der Waals surface area contributed by atoms with E-state index in [1.54, 1.807) is 0 Å². The molecule has 3 saturated carbocycles. The van der Waals surface area contributed by atoms with Crippen LogP contribution in [0.25, 0.3) is 0 Å². The number of carboxylic acids is 1. The van der Waals surface area contributed by atoms with Gasteiger partial charge < -0.3 is 10.2 Å². The molecule has 0 aliphatic heterocycles. The van der Waals surface area contributed by atoms with Crippen LogP contribution in [0.2, 0.25) is 0 Å². The number of aliphatic hydroxyl groups is 1. The molecule has 0 spiro atoms. The van der Waals surface area contributed by atoms with E-state index in [0.29, 0.717) is 31.6 Å². The monoisotopic (exact) mass is 252 g/mol. The Morgan fingerprint density at radius 1 is 1.11 bits per heavy atom. The van der Waals surface area contributed by atoms with Crippen molar-refractivity contribution in [1.82, 2.24) is 0 Å². The third kappa shape index (κ3) is 2.07. The number of hydrogen-bond acceptors (Lipinski definition) is 2. The van der Waals surface area contributed by atoms with E-state index >= 15 is 0 Å². The molecule has 3 fully saturated rings. The minimum absolute atomic E-state index is 0.266. The number of carboxylic acid groups (broad SMARTS) is 1. The molecule has 0 radical (unpaired) electrons. The Kier molecular flexibility index (Phi) is 3.13. The van der Waals surface area contributed by atoms with Crippen LogP contribution in [0.5, 0.6) is 0 Å². The largest absolute Gasteiger partial charge is 0.481 e. The summed E-state index contributed by atoms with van der Waals surface area (Å²) >= 11 is 0. The molecule has 102 valence electrons. The molecule has 3 atom stereocenters. The van der Waals surface area contributed by atoms with E-state index in [2.05, 4.69) is 0 Å². The predicted octanol–water partition coefficient (Wildman–Crippen LogP) is 2.82. The number of rotatable bonds is 3. The summed E-state index contributed by atoms with van der Waals surface area (Å²) in [6.07, 6.45) is 8.63. The lowest BCUT2D eigenvalue weighted by Gasteiger charge is -2.38. The van der Waals surface area contributed by atoms with E-state index in [1.165, 1.54) is 25.7 Å². The third-order valence-electron chi connectivity index (χ3n) is 5.90. The average Bonchev–Trinajstić information content (AvgIpc) is 2.94. The SMILES string of the molecule is O=C(O)C1(CC2CC3CCC2C3)CCC(O)CC1. The van der Waals surface area contributed by atoms with Gasteiger partial charge in [0.1, 0.15) is 0 Å². The molecule has 0 heterocycles. The first-order chi connectivity index (χ1) is 8.59. The molecule has 3 aliphatic rings. The molecule has 3 unspecified atom stereocenters. The molecule has 3 aliphatic carbocycles. The van der Waals surface area contributed by atoms with E-state index in [0.717, 1.165) is 18.3 Å². The average molecular weight is 252 g/mol. The molecule has 0 amide bonds. The van der Waals surface area contributed by atoms with Crippen LogP contribution in [0.15, 0.2) is 0 Å². The van der Waals surface area contributed by atoms with Crippen LogP contribution >= 0.6 is 0 Å². The number of carbonyl (C=O) groups is 1. The van der Waals surface area contributed by atoms with Crippen LogP contribution in [0.1, 0.15) is 57.8 Å². The van der Waals surface area contributed by atoms with Crippen LogP contribution < -0.4 is 0 Å². The molecule has 3 heteroatoms. The maximum absolute atomic E-state index is 11.7. The lowest BCUT2D eigenvalue weighted by molar-refractivity contribution is -0.154. The van der Waals surface area contributed by atoms with Crippen molar-refractivity contribution in [2.75, 3.05) is 0 Å². The normalized spacial score (nSPS) is 47.4. The first-order valence-electron chi connectivity index (χ1n) is 7.50. The van der Waals surface area contributed by atoms with Crippen molar-refractivity contribution in [2.45, 2.75) is 63.9 Å². The fourth-order valence-corrected chi connectivity index (χ4v) is 4.79. The van der Waals surface area contributed by atoms with Crippen molar-refractivity contribution in [1.29, 1.82) is 0 Å². The maximum Gasteiger partial charge on any atom is 0.309 e. The molecule has 2 bridgehead atoms.